The predicted octanol–water partition coefficient (Wildman–Crippen LogP) is 3.99. The second kappa shape index (κ2) is 7.65. The van der Waals surface area contributed by atoms with Gasteiger partial charge >= 0.3 is 0 Å². The lowest BCUT2D eigenvalue weighted by Crippen LogP contribution is -2.47. The van der Waals surface area contributed by atoms with Crippen LogP contribution in [-0.4, -0.2) is 49.5 Å². The maximum atomic E-state index is 14.5. The van der Waals surface area contributed by atoms with Gasteiger partial charge in [-0.3, -0.25) is 0 Å². The normalized spacial score (nSPS) is 22.7. The third-order valence-electron chi connectivity index (χ3n) is 6.32. The Hall–Kier alpha value is -2.36. The van der Waals surface area contributed by atoms with E-state index in [1.165, 1.54) is 18.9 Å². The highest BCUT2D eigenvalue weighted by Crippen LogP contribution is 2.34. The van der Waals surface area contributed by atoms with Gasteiger partial charge in [0.25, 0.3) is 0 Å². The number of imidazole rings is 1. The van der Waals surface area contributed by atoms with Crippen LogP contribution >= 0.6 is 23.7 Å². The summed E-state index contributed by atoms with van der Waals surface area (Å²) in [6.45, 7) is 1.85. The number of nitrogens with one attached hydrogen (secondary N) is 1. The zero-order valence-corrected chi connectivity index (χ0v) is 18.9. The van der Waals surface area contributed by atoms with Gasteiger partial charge in [-0.05, 0) is 38.7 Å². The Bertz CT molecular complexity index is 1260. The first-order valence-corrected chi connectivity index (χ1v) is 11.1. The van der Waals surface area contributed by atoms with Crippen LogP contribution in [0, 0.1) is 12.7 Å². The van der Waals surface area contributed by atoms with Gasteiger partial charge in [-0.15, -0.1) is 12.4 Å². The van der Waals surface area contributed by atoms with E-state index in [0.717, 1.165) is 34.0 Å². The average molecular weight is 460 g/mol. The molecule has 2 saturated heterocycles. The summed E-state index contributed by atoms with van der Waals surface area (Å²) in [6, 6.07) is 3.21. The first kappa shape index (κ1) is 20.5. The van der Waals surface area contributed by atoms with Crippen molar-refractivity contribution < 1.29 is 4.39 Å². The van der Waals surface area contributed by atoms with Gasteiger partial charge in [0, 0.05) is 43.1 Å². The second-order valence-electron chi connectivity index (χ2n) is 8.44. The number of halogens is 2. The number of pyridine rings is 1. The summed E-state index contributed by atoms with van der Waals surface area (Å²) in [5.74, 6) is 0.113. The summed E-state index contributed by atoms with van der Waals surface area (Å²) < 4.78 is 16.2. The highest BCUT2D eigenvalue weighted by Gasteiger charge is 2.35. The van der Waals surface area contributed by atoms with Crippen LogP contribution in [0.25, 0.3) is 27.4 Å². The Morgan fingerprint density at radius 2 is 1.94 bits per heavy atom. The molecule has 3 atom stereocenters. The lowest BCUT2D eigenvalue weighted by atomic mass is 9.99. The summed E-state index contributed by atoms with van der Waals surface area (Å²) in [5, 5.41) is 4.66. The minimum absolute atomic E-state index is 0. The molecule has 1 N–H and O–H groups in total. The molecule has 4 aromatic rings. The third kappa shape index (κ3) is 3.54. The molecule has 6 rings (SSSR count). The molecule has 2 bridgehead atoms. The van der Waals surface area contributed by atoms with E-state index in [-0.39, 0.29) is 18.2 Å². The number of hydrogen-bond donors (Lipinski definition) is 1. The average Bonchev–Trinajstić information content (AvgIpc) is 3.42. The zero-order valence-electron chi connectivity index (χ0n) is 17.2. The van der Waals surface area contributed by atoms with Crippen LogP contribution in [0.3, 0.4) is 0 Å². The molecule has 4 aromatic heterocycles. The van der Waals surface area contributed by atoms with E-state index in [1.807, 2.05) is 13.1 Å². The van der Waals surface area contributed by atoms with Gasteiger partial charge in [0.1, 0.15) is 10.3 Å². The SMILES string of the molecule is Cc1cn2cc(-c3ncc4nc(N(C)[C@@H]5C[C@H]6CC[C@@H](C5)N6)sc4n3)cc(F)c2n1.Cl. The van der Waals surface area contributed by atoms with Gasteiger partial charge in [0.2, 0.25) is 0 Å². The predicted molar refractivity (Wildman–Crippen MR) is 123 cm³/mol. The molecular weight excluding hydrogens is 437 g/mol. The number of thiazole rings is 1. The van der Waals surface area contributed by atoms with Crippen LogP contribution < -0.4 is 10.2 Å². The number of aromatic nitrogens is 5. The van der Waals surface area contributed by atoms with E-state index in [0.29, 0.717) is 35.2 Å². The molecular formula is C21H23ClFN7S. The molecule has 0 aliphatic carbocycles. The molecule has 0 radical (unpaired) electrons. The highest BCUT2D eigenvalue weighted by molar-refractivity contribution is 7.21. The highest BCUT2D eigenvalue weighted by atomic mass is 35.5. The Labute approximate surface area is 189 Å². The third-order valence-corrected chi connectivity index (χ3v) is 7.38. The number of rotatable bonds is 3. The van der Waals surface area contributed by atoms with E-state index in [4.69, 9.17) is 9.97 Å². The van der Waals surface area contributed by atoms with Crippen molar-refractivity contribution in [1.82, 2.24) is 29.7 Å². The lowest BCUT2D eigenvalue weighted by molar-refractivity contribution is 0.354. The fourth-order valence-electron chi connectivity index (χ4n) is 4.82. The molecule has 0 unspecified atom stereocenters. The molecule has 2 fully saturated rings. The Balaban J connectivity index is 0.00000204. The number of nitrogens with zero attached hydrogens (tertiary/aromatic N) is 6. The van der Waals surface area contributed by atoms with Crippen molar-refractivity contribution in [3.8, 4) is 11.4 Å². The number of fused-ring (bicyclic) bond motifs is 4. The Morgan fingerprint density at radius 1 is 1.16 bits per heavy atom. The van der Waals surface area contributed by atoms with E-state index in [9.17, 15) is 4.39 Å². The van der Waals surface area contributed by atoms with Gasteiger partial charge in [-0.1, -0.05) is 11.3 Å². The van der Waals surface area contributed by atoms with Gasteiger partial charge in [0.15, 0.2) is 22.4 Å². The van der Waals surface area contributed by atoms with Crippen molar-refractivity contribution in [3.63, 3.8) is 0 Å². The van der Waals surface area contributed by atoms with Crippen molar-refractivity contribution in [2.24, 2.45) is 0 Å². The van der Waals surface area contributed by atoms with E-state index in [2.05, 4.69) is 27.2 Å². The quantitative estimate of drug-likeness (QED) is 0.499. The van der Waals surface area contributed by atoms with Crippen LogP contribution in [0.1, 0.15) is 31.4 Å². The van der Waals surface area contributed by atoms with Crippen LogP contribution in [0.5, 0.6) is 0 Å². The van der Waals surface area contributed by atoms with Gasteiger partial charge in [-0.25, -0.2) is 24.3 Å². The molecule has 31 heavy (non-hydrogen) atoms. The summed E-state index contributed by atoms with van der Waals surface area (Å²) in [7, 11) is 2.13. The fourth-order valence-corrected chi connectivity index (χ4v) is 5.76. The zero-order chi connectivity index (χ0) is 20.4. The molecule has 7 nitrogen and oxygen atoms in total. The summed E-state index contributed by atoms with van der Waals surface area (Å²) in [4.78, 5) is 21.3. The summed E-state index contributed by atoms with van der Waals surface area (Å²) in [6.07, 6.45) is 10.2. The van der Waals surface area contributed by atoms with Gasteiger partial charge in [0.05, 0.1) is 11.9 Å². The molecule has 2 aliphatic rings. The topological polar surface area (TPSA) is 71.2 Å². The van der Waals surface area contributed by atoms with Crippen LogP contribution in [0.2, 0.25) is 0 Å². The number of aryl methyl sites for hydroxylation is 1. The van der Waals surface area contributed by atoms with Crippen molar-refractivity contribution in [3.05, 3.63) is 36.2 Å². The maximum absolute atomic E-state index is 14.5. The smallest absolute Gasteiger partial charge is 0.187 e. The molecule has 2 aliphatic heterocycles. The Morgan fingerprint density at radius 3 is 2.71 bits per heavy atom. The van der Waals surface area contributed by atoms with Gasteiger partial charge in [-0.2, -0.15) is 0 Å². The second-order valence-corrected chi connectivity index (χ2v) is 9.40. The van der Waals surface area contributed by atoms with E-state index >= 15 is 0 Å². The summed E-state index contributed by atoms with van der Waals surface area (Å²) >= 11 is 1.57. The number of anilines is 1. The molecule has 10 heteroatoms. The number of hydrogen-bond acceptors (Lipinski definition) is 7. The van der Waals surface area contributed by atoms with Crippen molar-refractivity contribution in [2.45, 2.75) is 50.7 Å². The monoisotopic (exact) mass is 459 g/mol. The molecule has 0 saturated carbocycles. The first-order chi connectivity index (χ1) is 14.5. The maximum Gasteiger partial charge on any atom is 0.187 e. The number of piperidine rings is 1. The first-order valence-electron chi connectivity index (χ1n) is 10.3. The van der Waals surface area contributed by atoms with Crippen molar-refractivity contribution in [1.29, 1.82) is 0 Å². The standard InChI is InChI=1S/C21H22FN7S.ClH/c1-11-9-29-10-12(5-16(22)19(29)24-11)18-23-8-17-20(27-18)30-21(26-17)28(2)15-6-13-3-4-14(7-15)25-13;/h5,8-10,13-15,25H,3-4,6-7H2,1-2H3;1H/t13-,14+,15-;. The molecule has 162 valence electrons. The van der Waals surface area contributed by atoms with Crippen LogP contribution in [0.15, 0.2) is 24.7 Å². The van der Waals surface area contributed by atoms with Gasteiger partial charge < -0.3 is 14.6 Å². The molecule has 0 amide bonds. The Kier molecular flexibility index (Phi) is 5.07. The minimum atomic E-state index is -0.380. The molecule has 0 aromatic carbocycles. The minimum Gasteiger partial charge on any atom is -0.348 e. The summed E-state index contributed by atoms with van der Waals surface area (Å²) in [5.41, 5.74) is 2.49. The molecule has 0 spiro atoms. The van der Waals surface area contributed by atoms with Crippen LogP contribution in [0.4, 0.5) is 9.52 Å². The van der Waals surface area contributed by atoms with Crippen molar-refractivity contribution >= 4 is 44.9 Å². The van der Waals surface area contributed by atoms with E-state index in [1.54, 1.807) is 28.1 Å². The van der Waals surface area contributed by atoms with E-state index < -0.39 is 0 Å². The lowest BCUT2D eigenvalue weighted by Gasteiger charge is -2.35. The van der Waals surface area contributed by atoms with Crippen LogP contribution in [-0.2, 0) is 0 Å². The molecule has 6 heterocycles. The van der Waals surface area contributed by atoms with Crippen molar-refractivity contribution in [2.75, 3.05) is 11.9 Å². The fraction of sp³-hybridized carbons (Fsp3) is 0.429. The largest absolute Gasteiger partial charge is 0.348 e.